The number of hydrogen-bond donors (Lipinski definition) is 1. The van der Waals surface area contributed by atoms with E-state index in [1.807, 2.05) is 0 Å². The van der Waals surface area contributed by atoms with Crippen molar-refractivity contribution in [2.45, 2.75) is 55.2 Å². The lowest BCUT2D eigenvalue weighted by atomic mass is 9.86. The van der Waals surface area contributed by atoms with E-state index in [4.69, 9.17) is 10.3 Å². The van der Waals surface area contributed by atoms with Gasteiger partial charge in [-0.15, -0.1) is 11.8 Å². The summed E-state index contributed by atoms with van der Waals surface area (Å²) in [6.07, 6.45) is 4.34. The summed E-state index contributed by atoms with van der Waals surface area (Å²) in [7, 11) is 0. The molecule has 1 saturated carbocycles. The highest BCUT2D eigenvalue weighted by Gasteiger charge is 2.25. The van der Waals surface area contributed by atoms with Crippen LogP contribution in [-0.2, 0) is 5.75 Å². The van der Waals surface area contributed by atoms with E-state index in [9.17, 15) is 0 Å². The zero-order valence-corrected chi connectivity index (χ0v) is 13.1. The molecule has 1 fully saturated rings. The average Bonchev–Trinajstić information content (AvgIpc) is 2.96. The van der Waals surface area contributed by atoms with Crippen LogP contribution in [0.3, 0.4) is 0 Å². The quantitative estimate of drug-likeness (QED) is 0.873. The Morgan fingerprint density at radius 1 is 1.29 bits per heavy atom. The Morgan fingerprint density at radius 2 is 2.10 bits per heavy atom. The molecule has 5 heteroatoms. The van der Waals surface area contributed by atoms with Gasteiger partial charge in [-0.1, -0.05) is 29.3 Å². The van der Waals surface area contributed by atoms with Gasteiger partial charge < -0.3 is 10.3 Å². The molecule has 2 unspecified atom stereocenters. The van der Waals surface area contributed by atoms with Crippen molar-refractivity contribution in [3.05, 3.63) is 41.5 Å². The Kier molecular flexibility index (Phi) is 4.60. The molecule has 21 heavy (non-hydrogen) atoms. The maximum Gasteiger partial charge on any atom is 0.229 e. The lowest BCUT2D eigenvalue weighted by molar-refractivity contribution is 0.297. The molecule has 0 radical (unpaired) electrons. The molecule has 0 bridgehead atoms. The largest absolute Gasteiger partial charge is 0.339 e. The summed E-state index contributed by atoms with van der Waals surface area (Å²) in [6.45, 7) is 2.09. The van der Waals surface area contributed by atoms with E-state index in [0.29, 0.717) is 5.92 Å². The summed E-state index contributed by atoms with van der Waals surface area (Å²) >= 11 is 1.73. The number of nitrogens with two attached hydrogens (primary N) is 1. The maximum absolute atomic E-state index is 6.02. The van der Waals surface area contributed by atoms with Crippen LogP contribution in [0.4, 0.5) is 0 Å². The van der Waals surface area contributed by atoms with Gasteiger partial charge in [-0.3, -0.25) is 0 Å². The molecule has 1 aliphatic carbocycles. The molecule has 4 nitrogen and oxygen atoms in total. The highest BCUT2D eigenvalue weighted by molar-refractivity contribution is 7.98. The fraction of sp³-hybridized carbons (Fsp3) is 0.500. The number of hydrogen-bond acceptors (Lipinski definition) is 5. The minimum Gasteiger partial charge on any atom is -0.339 e. The molecule has 1 aromatic carbocycles. The Balaban J connectivity index is 1.58. The van der Waals surface area contributed by atoms with Crippen molar-refractivity contribution in [3.8, 4) is 0 Å². The van der Waals surface area contributed by atoms with Crippen LogP contribution in [0.1, 0.15) is 48.9 Å². The van der Waals surface area contributed by atoms with Crippen LogP contribution in [0.15, 0.2) is 33.7 Å². The van der Waals surface area contributed by atoms with E-state index in [-0.39, 0.29) is 6.04 Å². The van der Waals surface area contributed by atoms with Crippen LogP contribution < -0.4 is 5.73 Å². The lowest BCUT2D eigenvalue weighted by Crippen LogP contribution is -2.26. The molecule has 1 aliphatic rings. The summed E-state index contributed by atoms with van der Waals surface area (Å²) in [5.74, 6) is 2.63. The van der Waals surface area contributed by atoms with E-state index in [1.165, 1.54) is 10.5 Å². The van der Waals surface area contributed by atoms with Crippen LogP contribution in [0.5, 0.6) is 0 Å². The van der Waals surface area contributed by atoms with Gasteiger partial charge >= 0.3 is 0 Å². The van der Waals surface area contributed by atoms with E-state index in [1.54, 1.807) is 11.8 Å². The predicted molar refractivity (Wildman–Crippen MR) is 84.2 cm³/mol. The van der Waals surface area contributed by atoms with Gasteiger partial charge in [0.1, 0.15) is 0 Å². The van der Waals surface area contributed by atoms with Crippen molar-refractivity contribution in [1.29, 1.82) is 0 Å². The zero-order chi connectivity index (χ0) is 14.7. The van der Waals surface area contributed by atoms with Gasteiger partial charge in [0.2, 0.25) is 5.89 Å². The molecule has 0 spiro atoms. The molecule has 3 rings (SSSR count). The smallest absolute Gasteiger partial charge is 0.229 e. The third-order valence-electron chi connectivity index (χ3n) is 3.94. The SMILES string of the molecule is Cc1ccc(SCc2noc(C3CCCC(N)C3)n2)cc1. The second-order valence-corrected chi connectivity index (χ2v) is 6.82. The minimum absolute atomic E-state index is 0.279. The maximum atomic E-state index is 6.02. The van der Waals surface area contributed by atoms with Gasteiger partial charge in [0.15, 0.2) is 5.82 Å². The van der Waals surface area contributed by atoms with E-state index >= 15 is 0 Å². The molecule has 2 N–H and O–H groups in total. The molecular formula is C16H21N3OS. The summed E-state index contributed by atoms with van der Waals surface area (Å²) in [5, 5.41) is 4.10. The number of benzene rings is 1. The van der Waals surface area contributed by atoms with Gasteiger partial charge in [0, 0.05) is 16.9 Å². The van der Waals surface area contributed by atoms with Crippen molar-refractivity contribution in [3.63, 3.8) is 0 Å². The van der Waals surface area contributed by atoms with Crippen molar-refractivity contribution in [2.75, 3.05) is 0 Å². The van der Waals surface area contributed by atoms with Crippen molar-refractivity contribution >= 4 is 11.8 Å². The summed E-state index contributed by atoms with van der Waals surface area (Å²) < 4.78 is 5.43. The van der Waals surface area contributed by atoms with Crippen molar-refractivity contribution < 1.29 is 4.52 Å². The average molecular weight is 303 g/mol. The van der Waals surface area contributed by atoms with Crippen LogP contribution >= 0.6 is 11.8 Å². The fourth-order valence-corrected chi connectivity index (χ4v) is 3.47. The first-order valence-corrected chi connectivity index (χ1v) is 8.47. The lowest BCUT2D eigenvalue weighted by Gasteiger charge is -2.23. The van der Waals surface area contributed by atoms with Gasteiger partial charge in [0.25, 0.3) is 0 Å². The molecule has 1 aromatic heterocycles. The first kappa shape index (κ1) is 14.6. The molecule has 0 saturated heterocycles. The number of aromatic nitrogens is 2. The van der Waals surface area contributed by atoms with Crippen LogP contribution in [0.2, 0.25) is 0 Å². The van der Waals surface area contributed by atoms with Gasteiger partial charge in [0.05, 0.1) is 5.75 Å². The number of thioether (sulfide) groups is 1. The highest BCUT2D eigenvalue weighted by atomic mass is 32.2. The van der Waals surface area contributed by atoms with E-state index < -0.39 is 0 Å². The first-order valence-electron chi connectivity index (χ1n) is 7.48. The van der Waals surface area contributed by atoms with Crippen LogP contribution in [0.25, 0.3) is 0 Å². The Bertz CT molecular complexity index is 581. The van der Waals surface area contributed by atoms with E-state index in [2.05, 4.69) is 41.3 Å². The summed E-state index contributed by atoms with van der Waals surface area (Å²) in [4.78, 5) is 5.78. The van der Waals surface area contributed by atoms with Crippen LogP contribution in [-0.4, -0.2) is 16.2 Å². The zero-order valence-electron chi connectivity index (χ0n) is 12.3. The van der Waals surface area contributed by atoms with E-state index in [0.717, 1.165) is 43.2 Å². The number of rotatable bonds is 4. The molecule has 2 aromatic rings. The van der Waals surface area contributed by atoms with Gasteiger partial charge in [-0.25, -0.2) is 0 Å². The molecule has 112 valence electrons. The van der Waals surface area contributed by atoms with Crippen LogP contribution in [0, 0.1) is 6.92 Å². The fourth-order valence-electron chi connectivity index (χ4n) is 2.73. The third-order valence-corrected chi connectivity index (χ3v) is 4.94. The molecule has 2 atom stereocenters. The monoisotopic (exact) mass is 303 g/mol. The second-order valence-electron chi connectivity index (χ2n) is 5.77. The molecular weight excluding hydrogens is 282 g/mol. The standard InChI is InChI=1S/C16H21N3OS/c1-11-5-7-14(8-6-11)21-10-15-18-16(20-19-15)12-3-2-4-13(17)9-12/h5-8,12-13H,2-4,9-10,17H2,1H3. The van der Waals surface area contributed by atoms with Gasteiger partial charge in [-0.05, 0) is 38.3 Å². The predicted octanol–water partition coefficient (Wildman–Crippen LogP) is 3.66. The first-order chi connectivity index (χ1) is 10.2. The molecule has 1 heterocycles. The number of nitrogens with zero attached hydrogens (tertiary/aromatic N) is 2. The topological polar surface area (TPSA) is 64.9 Å². The van der Waals surface area contributed by atoms with Crippen molar-refractivity contribution in [1.82, 2.24) is 10.1 Å². The summed E-state index contributed by atoms with van der Waals surface area (Å²) in [5.41, 5.74) is 7.30. The molecule has 0 amide bonds. The van der Waals surface area contributed by atoms with Gasteiger partial charge in [-0.2, -0.15) is 4.98 Å². The van der Waals surface area contributed by atoms with Crippen molar-refractivity contribution in [2.24, 2.45) is 5.73 Å². The Hall–Kier alpha value is -1.33. The Morgan fingerprint density at radius 3 is 2.86 bits per heavy atom. The summed E-state index contributed by atoms with van der Waals surface area (Å²) in [6, 6.07) is 8.77. The minimum atomic E-state index is 0.279. The highest BCUT2D eigenvalue weighted by Crippen LogP contribution is 2.31. The second kappa shape index (κ2) is 6.62. The molecule has 0 aliphatic heterocycles. The Labute approximate surface area is 129 Å². The number of aryl methyl sites for hydroxylation is 1. The normalized spacial score (nSPS) is 22.4. The third kappa shape index (κ3) is 3.86.